The van der Waals surface area contributed by atoms with Crippen molar-refractivity contribution in [1.29, 1.82) is 0 Å². The van der Waals surface area contributed by atoms with Gasteiger partial charge in [-0.05, 0) is 30.7 Å². The van der Waals surface area contributed by atoms with E-state index in [0.717, 1.165) is 17.9 Å². The summed E-state index contributed by atoms with van der Waals surface area (Å²) in [6, 6.07) is 36.7. The molecule has 2 nitrogen and oxygen atoms in total. The quantitative estimate of drug-likeness (QED) is 0.204. The minimum Gasteiger partial charge on any atom is -0.340 e. The Labute approximate surface area is 183 Å². The SMILES string of the molecule is CCCCn1c2ccccc2c2cc(C=[N+](c3ccccc3)c3ccccc3)ccc21. The summed E-state index contributed by atoms with van der Waals surface area (Å²) in [7, 11) is 0. The number of fused-ring (bicyclic) bond motifs is 3. The normalized spacial score (nSPS) is 11.1. The van der Waals surface area contributed by atoms with E-state index in [1.807, 2.05) is 0 Å². The molecule has 0 amide bonds. The second kappa shape index (κ2) is 8.61. The summed E-state index contributed by atoms with van der Waals surface area (Å²) in [6.07, 6.45) is 4.63. The van der Waals surface area contributed by atoms with Gasteiger partial charge in [-0.15, -0.1) is 0 Å². The summed E-state index contributed by atoms with van der Waals surface area (Å²) >= 11 is 0. The average Bonchev–Trinajstić information content (AvgIpc) is 3.15. The lowest BCUT2D eigenvalue weighted by molar-refractivity contribution is 0.665. The van der Waals surface area contributed by atoms with Gasteiger partial charge in [0.15, 0.2) is 6.21 Å². The molecular weight excluding hydrogens is 376 g/mol. The van der Waals surface area contributed by atoms with E-state index in [0.29, 0.717) is 0 Å². The number of benzene rings is 4. The first kappa shape index (κ1) is 19.3. The molecule has 0 saturated heterocycles. The van der Waals surface area contributed by atoms with Crippen LogP contribution in [0.4, 0.5) is 11.4 Å². The third kappa shape index (κ3) is 3.77. The largest absolute Gasteiger partial charge is 0.340 e. The molecule has 0 aliphatic heterocycles. The summed E-state index contributed by atoms with van der Waals surface area (Å²) in [6.45, 7) is 3.31. The molecule has 0 radical (unpaired) electrons. The lowest BCUT2D eigenvalue weighted by Crippen LogP contribution is -2.06. The number of nitrogens with zero attached hydrogens (tertiary/aromatic N) is 2. The fourth-order valence-electron chi connectivity index (χ4n) is 4.33. The molecule has 0 spiro atoms. The van der Waals surface area contributed by atoms with Gasteiger partial charge in [-0.25, -0.2) is 0 Å². The monoisotopic (exact) mass is 403 g/mol. The van der Waals surface area contributed by atoms with E-state index < -0.39 is 0 Å². The fourth-order valence-corrected chi connectivity index (χ4v) is 4.33. The Morgan fingerprint density at radius 1 is 0.677 bits per heavy atom. The van der Waals surface area contributed by atoms with Gasteiger partial charge >= 0.3 is 0 Å². The zero-order valence-electron chi connectivity index (χ0n) is 17.9. The van der Waals surface area contributed by atoms with Gasteiger partial charge in [-0.2, -0.15) is 4.58 Å². The van der Waals surface area contributed by atoms with E-state index in [4.69, 9.17) is 0 Å². The van der Waals surface area contributed by atoms with Crippen LogP contribution in [-0.2, 0) is 6.54 Å². The van der Waals surface area contributed by atoms with E-state index in [1.54, 1.807) is 0 Å². The molecule has 4 aromatic carbocycles. The molecule has 0 saturated carbocycles. The third-order valence-corrected chi connectivity index (χ3v) is 5.88. The zero-order valence-corrected chi connectivity index (χ0v) is 17.9. The topological polar surface area (TPSA) is 7.94 Å². The molecule has 1 aromatic heterocycles. The summed E-state index contributed by atoms with van der Waals surface area (Å²) in [4.78, 5) is 0. The van der Waals surface area contributed by atoms with Gasteiger partial charge < -0.3 is 4.57 Å². The van der Waals surface area contributed by atoms with Crippen LogP contribution in [0.2, 0.25) is 0 Å². The van der Waals surface area contributed by atoms with Crippen LogP contribution in [0.5, 0.6) is 0 Å². The Kier molecular flexibility index (Phi) is 5.37. The molecule has 5 aromatic rings. The second-order valence-corrected chi connectivity index (χ2v) is 7.97. The van der Waals surface area contributed by atoms with Crippen LogP contribution in [-0.4, -0.2) is 10.8 Å². The van der Waals surface area contributed by atoms with Crippen LogP contribution in [0.1, 0.15) is 25.3 Å². The molecule has 0 fully saturated rings. The minimum atomic E-state index is 1.06. The van der Waals surface area contributed by atoms with Crippen molar-refractivity contribution in [2.24, 2.45) is 0 Å². The standard InChI is InChI=1S/C29H27N2/c1-2-3-20-30-28-17-11-10-16-26(28)27-21-23(18-19-29(27)30)22-31(24-12-6-4-7-13-24)25-14-8-5-9-15-25/h4-19,21-22H,2-3,20H2,1H3/q+1. The van der Waals surface area contributed by atoms with Crippen LogP contribution in [0.25, 0.3) is 21.8 Å². The molecule has 152 valence electrons. The lowest BCUT2D eigenvalue weighted by Gasteiger charge is -2.06. The van der Waals surface area contributed by atoms with Crippen molar-refractivity contribution >= 4 is 39.4 Å². The van der Waals surface area contributed by atoms with Crippen molar-refractivity contribution in [2.45, 2.75) is 26.3 Å². The van der Waals surface area contributed by atoms with Crippen LogP contribution >= 0.6 is 0 Å². The van der Waals surface area contributed by atoms with Crippen molar-refractivity contribution < 1.29 is 0 Å². The molecule has 0 atom stereocenters. The van der Waals surface area contributed by atoms with Crippen LogP contribution in [0.15, 0.2) is 103 Å². The summed E-state index contributed by atoms with van der Waals surface area (Å²) in [5.41, 5.74) is 6.14. The molecule has 1 heterocycles. The zero-order chi connectivity index (χ0) is 21.0. The van der Waals surface area contributed by atoms with Crippen molar-refractivity contribution in [1.82, 2.24) is 9.14 Å². The molecule has 31 heavy (non-hydrogen) atoms. The first-order valence-electron chi connectivity index (χ1n) is 11.1. The maximum atomic E-state index is 2.48. The molecule has 0 bridgehead atoms. The van der Waals surface area contributed by atoms with Gasteiger partial charge in [-0.3, -0.25) is 0 Å². The van der Waals surface area contributed by atoms with E-state index in [2.05, 4.69) is 125 Å². The van der Waals surface area contributed by atoms with Crippen molar-refractivity contribution in [3.05, 3.63) is 109 Å². The lowest BCUT2D eigenvalue weighted by atomic mass is 10.1. The van der Waals surface area contributed by atoms with E-state index in [9.17, 15) is 0 Å². The Hall–Kier alpha value is -3.65. The van der Waals surface area contributed by atoms with Gasteiger partial charge in [0.25, 0.3) is 0 Å². The Morgan fingerprint density at radius 2 is 1.29 bits per heavy atom. The highest BCUT2D eigenvalue weighted by Gasteiger charge is 2.15. The van der Waals surface area contributed by atoms with E-state index in [-0.39, 0.29) is 0 Å². The van der Waals surface area contributed by atoms with Gasteiger partial charge in [0.05, 0.1) is 0 Å². The Bertz CT molecular complexity index is 1300. The second-order valence-electron chi connectivity index (χ2n) is 7.97. The molecule has 2 heteroatoms. The van der Waals surface area contributed by atoms with Crippen molar-refractivity contribution in [2.75, 3.05) is 0 Å². The summed E-state index contributed by atoms with van der Waals surface area (Å²) in [5, 5.41) is 2.65. The van der Waals surface area contributed by atoms with E-state index >= 15 is 0 Å². The number of para-hydroxylation sites is 3. The molecule has 0 aliphatic rings. The fraction of sp³-hybridized carbons (Fsp3) is 0.138. The van der Waals surface area contributed by atoms with Crippen LogP contribution in [0.3, 0.4) is 0 Å². The molecule has 0 aliphatic carbocycles. The molecule has 0 N–H and O–H groups in total. The van der Waals surface area contributed by atoms with Crippen LogP contribution < -0.4 is 4.58 Å². The highest BCUT2D eigenvalue weighted by molar-refractivity contribution is 6.09. The molecule has 0 unspecified atom stereocenters. The maximum Gasteiger partial charge on any atom is 0.211 e. The van der Waals surface area contributed by atoms with Gasteiger partial charge in [0.2, 0.25) is 11.4 Å². The number of hydrogen-bond acceptors (Lipinski definition) is 0. The molecular formula is C29H27N2+. The first-order chi connectivity index (χ1) is 15.3. The molecule has 5 rings (SSSR count). The summed E-state index contributed by atoms with van der Waals surface area (Å²) in [5.74, 6) is 0. The first-order valence-corrected chi connectivity index (χ1v) is 11.1. The smallest absolute Gasteiger partial charge is 0.211 e. The number of hydrogen-bond donors (Lipinski definition) is 0. The predicted octanol–water partition coefficient (Wildman–Crippen LogP) is 7.55. The van der Waals surface area contributed by atoms with E-state index in [1.165, 1.54) is 40.2 Å². The highest BCUT2D eigenvalue weighted by Crippen LogP contribution is 2.30. The maximum absolute atomic E-state index is 2.48. The Morgan fingerprint density at radius 3 is 1.97 bits per heavy atom. The summed E-state index contributed by atoms with van der Waals surface area (Å²) < 4.78 is 4.74. The number of unbranched alkanes of at least 4 members (excludes halogenated alkanes) is 1. The third-order valence-electron chi connectivity index (χ3n) is 5.88. The number of aromatic nitrogens is 1. The number of rotatable bonds is 6. The highest BCUT2D eigenvalue weighted by atomic mass is 15.0. The van der Waals surface area contributed by atoms with Gasteiger partial charge in [-0.1, -0.05) is 67.9 Å². The minimum absolute atomic E-state index is 1.06. The van der Waals surface area contributed by atoms with Gasteiger partial charge in [0.1, 0.15) is 0 Å². The average molecular weight is 404 g/mol. The van der Waals surface area contributed by atoms with Crippen molar-refractivity contribution in [3.63, 3.8) is 0 Å². The van der Waals surface area contributed by atoms with Crippen LogP contribution in [0, 0.1) is 0 Å². The van der Waals surface area contributed by atoms with Crippen molar-refractivity contribution in [3.8, 4) is 0 Å². The Balaban J connectivity index is 1.69. The van der Waals surface area contributed by atoms with Gasteiger partial charge in [0, 0.05) is 58.2 Å². The predicted molar refractivity (Wildman–Crippen MR) is 134 cm³/mol. The number of aryl methyl sites for hydroxylation is 1.